The number of aliphatic imine (C=N–C) groups is 1. The van der Waals surface area contributed by atoms with Crippen LogP contribution in [0, 0.1) is 13.8 Å². The van der Waals surface area contributed by atoms with E-state index in [0.717, 1.165) is 22.4 Å². The molecule has 0 amide bonds. The Bertz CT molecular complexity index is 1090. The van der Waals surface area contributed by atoms with Gasteiger partial charge in [-0.2, -0.15) is 8.42 Å². The molecule has 0 fully saturated rings. The summed E-state index contributed by atoms with van der Waals surface area (Å²) in [6.07, 6.45) is 1.69. The lowest BCUT2D eigenvalue weighted by atomic mass is 10.2. The summed E-state index contributed by atoms with van der Waals surface area (Å²) in [5.74, 6) is 0.430. The van der Waals surface area contributed by atoms with Crippen LogP contribution in [0.1, 0.15) is 16.7 Å². The van der Waals surface area contributed by atoms with E-state index in [9.17, 15) is 8.42 Å². The fraction of sp³-hybridized carbons (Fsp3) is 0.136. The molecule has 144 valence electrons. The number of hydrogen-bond donors (Lipinski definition) is 0. The van der Waals surface area contributed by atoms with Crippen LogP contribution >= 0.6 is 0 Å². The Morgan fingerprint density at radius 2 is 1.43 bits per heavy atom. The molecule has 5 nitrogen and oxygen atoms in total. The summed E-state index contributed by atoms with van der Waals surface area (Å²) in [6, 6.07) is 19.2. The molecule has 3 aromatic rings. The van der Waals surface area contributed by atoms with E-state index in [-0.39, 0.29) is 10.6 Å². The standard InChI is InChI=1S/C22H21NO4S/c1-16-4-9-19(10-5-16)23-15-18-8-13-21(22(14-18)26-3)27-28(24,25)20-11-6-17(2)7-12-20/h4-15H,1-3H3. The van der Waals surface area contributed by atoms with Gasteiger partial charge in [0.05, 0.1) is 12.8 Å². The molecule has 0 saturated heterocycles. The SMILES string of the molecule is COc1cc(C=Nc2ccc(C)cc2)ccc1OS(=O)(=O)c1ccc(C)cc1. The number of nitrogens with zero attached hydrogens (tertiary/aromatic N) is 1. The molecule has 0 bridgehead atoms. The first-order valence-electron chi connectivity index (χ1n) is 8.67. The van der Waals surface area contributed by atoms with Crippen molar-refractivity contribution < 1.29 is 17.3 Å². The third-order valence-corrected chi connectivity index (χ3v) is 5.34. The zero-order valence-corrected chi connectivity index (χ0v) is 16.7. The van der Waals surface area contributed by atoms with Gasteiger partial charge in [0, 0.05) is 6.21 Å². The highest BCUT2D eigenvalue weighted by atomic mass is 32.2. The van der Waals surface area contributed by atoms with Crippen molar-refractivity contribution in [3.63, 3.8) is 0 Å². The maximum atomic E-state index is 12.5. The molecule has 0 aromatic heterocycles. The molecule has 0 N–H and O–H groups in total. The smallest absolute Gasteiger partial charge is 0.339 e. The van der Waals surface area contributed by atoms with Gasteiger partial charge in [-0.1, -0.05) is 35.4 Å². The number of ether oxygens (including phenoxy) is 1. The largest absolute Gasteiger partial charge is 0.493 e. The van der Waals surface area contributed by atoms with Crippen LogP contribution in [0.4, 0.5) is 5.69 Å². The van der Waals surface area contributed by atoms with Crippen molar-refractivity contribution in [2.45, 2.75) is 18.7 Å². The fourth-order valence-corrected chi connectivity index (χ4v) is 3.42. The maximum absolute atomic E-state index is 12.5. The molecule has 0 aliphatic carbocycles. The van der Waals surface area contributed by atoms with E-state index in [1.807, 2.05) is 38.1 Å². The predicted molar refractivity (Wildman–Crippen MR) is 110 cm³/mol. The van der Waals surface area contributed by atoms with Crippen molar-refractivity contribution in [2.24, 2.45) is 4.99 Å². The minimum Gasteiger partial charge on any atom is -0.493 e. The molecule has 0 aliphatic heterocycles. The number of benzene rings is 3. The van der Waals surface area contributed by atoms with E-state index in [1.54, 1.807) is 36.5 Å². The zero-order valence-electron chi connectivity index (χ0n) is 15.9. The van der Waals surface area contributed by atoms with Gasteiger partial charge in [-0.05, 0) is 61.9 Å². The second-order valence-corrected chi connectivity index (χ2v) is 7.90. The Labute approximate surface area is 165 Å². The van der Waals surface area contributed by atoms with E-state index in [1.165, 1.54) is 19.2 Å². The van der Waals surface area contributed by atoms with Crippen molar-refractivity contribution in [1.29, 1.82) is 0 Å². The van der Waals surface area contributed by atoms with Gasteiger partial charge in [0.15, 0.2) is 11.5 Å². The summed E-state index contributed by atoms with van der Waals surface area (Å²) in [5, 5.41) is 0. The number of rotatable bonds is 6. The Balaban J connectivity index is 1.83. The molecule has 0 unspecified atom stereocenters. The molecular weight excluding hydrogens is 374 g/mol. The zero-order chi connectivity index (χ0) is 20.1. The molecule has 6 heteroatoms. The van der Waals surface area contributed by atoms with Crippen LogP contribution in [0.5, 0.6) is 11.5 Å². The lowest BCUT2D eigenvalue weighted by Gasteiger charge is -2.11. The quantitative estimate of drug-likeness (QED) is 0.443. The summed E-state index contributed by atoms with van der Waals surface area (Å²) in [6.45, 7) is 3.90. The molecular formula is C22H21NO4S. The van der Waals surface area contributed by atoms with Crippen LogP contribution in [0.2, 0.25) is 0 Å². The lowest BCUT2D eigenvalue weighted by Crippen LogP contribution is -2.10. The van der Waals surface area contributed by atoms with Gasteiger partial charge in [-0.25, -0.2) is 0 Å². The third kappa shape index (κ3) is 4.78. The normalized spacial score (nSPS) is 11.5. The molecule has 0 saturated carbocycles. The van der Waals surface area contributed by atoms with E-state index in [4.69, 9.17) is 8.92 Å². The van der Waals surface area contributed by atoms with Crippen LogP contribution in [0.25, 0.3) is 0 Å². The molecule has 0 atom stereocenters. The average molecular weight is 395 g/mol. The van der Waals surface area contributed by atoms with E-state index in [2.05, 4.69) is 4.99 Å². The summed E-state index contributed by atoms with van der Waals surface area (Å²) in [7, 11) is -2.49. The molecule has 3 aromatic carbocycles. The maximum Gasteiger partial charge on any atom is 0.339 e. The van der Waals surface area contributed by atoms with Gasteiger partial charge in [-0.3, -0.25) is 4.99 Å². The van der Waals surface area contributed by atoms with Crippen molar-refractivity contribution in [1.82, 2.24) is 0 Å². The molecule has 3 rings (SSSR count). The second-order valence-electron chi connectivity index (χ2n) is 6.35. The van der Waals surface area contributed by atoms with Gasteiger partial charge in [0.1, 0.15) is 4.90 Å². The van der Waals surface area contributed by atoms with Gasteiger partial charge in [0.2, 0.25) is 0 Å². The first-order chi connectivity index (χ1) is 13.4. The van der Waals surface area contributed by atoms with Crippen molar-refractivity contribution in [3.05, 3.63) is 83.4 Å². The van der Waals surface area contributed by atoms with Crippen molar-refractivity contribution in [2.75, 3.05) is 7.11 Å². The van der Waals surface area contributed by atoms with Crippen LogP contribution in [-0.4, -0.2) is 21.7 Å². The number of methoxy groups -OCH3 is 1. The first-order valence-corrected chi connectivity index (χ1v) is 10.1. The third-order valence-electron chi connectivity index (χ3n) is 4.09. The predicted octanol–water partition coefficient (Wildman–Crippen LogP) is 4.83. The van der Waals surface area contributed by atoms with Gasteiger partial charge >= 0.3 is 10.1 Å². The van der Waals surface area contributed by atoms with Gasteiger partial charge in [-0.15, -0.1) is 0 Å². The number of aryl methyl sites for hydroxylation is 2. The topological polar surface area (TPSA) is 65.0 Å². The second kappa shape index (κ2) is 8.27. The molecule has 0 radical (unpaired) electrons. The van der Waals surface area contributed by atoms with E-state index >= 15 is 0 Å². The van der Waals surface area contributed by atoms with Crippen molar-refractivity contribution >= 4 is 22.0 Å². The van der Waals surface area contributed by atoms with Gasteiger partial charge in [0.25, 0.3) is 0 Å². The number of hydrogen-bond acceptors (Lipinski definition) is 5. The highest BCUT2D eigenvalue weighted by molar-refractivity contribution is 7.87. The summed E-state index contributed by atoms with van der Waals surface area (Å²) in [5.41, 5.74) is 3.72. The van der Waals surface area contributed by atoms with Crippen LogP contribution in [0.15, 0.2) is 76.6 Å². The van der Waals surface area contributed by atoms with Crippen LogP contribution in [-0.2, 0) is 10.1 Å². The Hall–Kier alpha value is -3.12. The minimum atomic E-state index is -3.95. The average Bonchev–Trinajstić information content (AvgIpc) is 2.68. The van der Waals surface area contributed by atoms with E-state index < -0.39 is 10.1 Å². The van der Waals surface area contributed by atoms with Crippen LogP contribution < -0.4 is 8.92 Å². The molecule has 0 spiro atoms. The summed E-state index contributed by atoms with van der Waals surface area (Å²) in [4.78, 5) is 4.50. The minimum absolute atomic E-state index is 0.0881. The van der Waals surface area contributed by atoms with E-state index in [0.29, 0.717) is 5.75 Å². The Kier molecular flexibility index (Phi) is 5.80. The fourth-order valence-electron chi connectivity index (χ4n) is 2.48. The Morgan fingerprint density at radius 1 is 0.821 bits per heavy atom. The summed E-state index contributed by atoms with van der Waals surface area (Å²) < 4.78 is 35.6. The molecule has 0 aliphatic rings. The highest BCUT2D eigenvalue weighted by Gasteiger charge is 2.19. The molecule has 0 heterocycles. The van der Waals surface area contributed by atoms with Gasteiger partial charge < -0.3 is 8.92 Å². The van der Waals surface area contributed by atoms with Crippen molar-refractivity contribution in [3.8, 4) is 11.5 Å². The first kappa shape index (κ1) is 19.6. The summed E-state index contributed by atoms with van der Waals surface area (Å²) >= 11 is 0. The molecule has 28 heavy (non-hydrogen) atoms. The Morgan fingerprint density at radius 3 is 2.04 bits per heavy atom. The highest BCUT2D eigenvalue weighted by Crippen LogP contribution is 2.30. The monoisotopic (exact) mass is 395 g/mol. The lowest BCUT2D eigenvalue weighted by molar-refractivity contribution is 0.390. The van der Waals surface area contributed by atoms with Crippen LogP contribution in [0.3, 0.4) is 0 Å².